The largest absolute Gasteiger partial charge is 0.505 e. The van der Waals surface area contributed by atoms with E-state index in [1.807, 2.05) is 12.1 Å². The van der Waals surface area contributed by atoms with Crippen molar-refractivity contribution in [1.29, 1.82) is 0 Å². The van der Waals surface area contributed by atoms with Gasteiger partial charge in [0.1, 0.15) is 10.4 Å². The van der Waals surface area contributed by atoms with Gasteiger partial charge in [0.05, 0.1) is 19.6 Å². The molecule has 0 radical (unpaired) electrons. The molecule has 0 bridgehead atoms. The Labute approximate surface area is 152 Å². The van der Waals surface area contributed by atoms with Gasteiger partial charge in [-0.3, -0.25) is 0 Å². The minimum absolute atomic E-state index is 0.170. The molecule has 0 aliphatic rings. The fourth-order valence-electron chi connectivity index (χ4n) is 2.42. The summed E-state index contributed by atoms with van der Waals surface area (Å²) >= 11 is 3.34. The second-order valence-corrected chi connectivity index (χ2v) is 5.77. The molecular formula is C18H14BrNO5. The number of benzene rings is 2. The quantitative estimate of drug-likeness (QED) is 0.517. The van der Waals surface area contributed by atoms with Crippen LogP contribution in [0.1, 0.15) is 10.5 Å². The summed E-state index contributed by atoms with van der Waals surface area (Å²) < 4.78 is 16.2. The first-order valence-corrected chi connectivity index (χ1v) is 8.06. The Morgan fingerprint density at radius 2 is 1.72 bits per heavy atom. The first-order chi connectivity index (χ1) is 12.1. The first kappa shape index (κ1) is 17.0. The third-order valence-electron chi connectivity index (χ3n) is 3.59. The second-order valence-electron chi connectivity index (χ2n) is 5.02. The molecule has 0 fully saturated rings. The van der Waals surface area contributed by atoms with Crippen LogP contribution in [0.5, 0.6) is 23.0 Å². The zero-order valence-electron chi connectivity index (χ0n) is 13.4. The Morgan fingerprint density at radius 3 is 2.40 bits per heavy atom. The van der Waals surface area contributed by atoms with Crippen molar-refractivity contribution >= 4 is 32.7 Å². The molecular weight excluding hydrogens is 390 g/mol. The molecule has 1 heterocycles. The molecule has 0 atom stereocenters. The van der Waals surface area contributed by atoms with E-state index in [-0.39, 0.29) is 11.4 Å². The zero-order valence-corrected chi connectivity index (χ0v) is 15.0. The monoisotopic (exact) mass is 403 g/mol. The number of esters is 1. The van der Waals surface area contributed by atoms with Crippen molar-refractivity contribution in [3.05, 3.63) is 52.8 Å². The van der Waals surface area contributed by atoms with E-state index < -0.39 is 5.97 Å². The van der Waals surface area contributed by atoms with Crippen LogP contribution in [0.25, 0.3) is 10.8 Å². The van der Waals surface area contributed by atoms with E-state index in [9.17, 15) is 9.90 Å². The highest BCUT2D eigenvalue weighted by atomic mass is 79.9. The summed E-state index contributed by atoms with van der Waals surface area (Å²) in [7, 11) is 2.78. The molecule has 0 spiro atoms. The molecule has 128 valence electrons. The highest BCUT2D eigenvalue weighted by Gasteiger charge is 2.21. The van der Waals surface area contributed by atoms with Gasteiger partial charge in [0.25, 0.3) is 0 Å². The van der Waals surface area contributed by atoms with E-state index in [4.69, 9.17) is 9.47 Å². The lowest BCUT2D eigenvalue weighted by atomic mass is 10.1. The van der Waals surface area contributed by atoms with Gasteiger partial charge in [-0.1, -0.05) is 24.3 Å². The smallest absolute Gasteiger partial charge is 0.360 e. The van der Waals surface area contributed by atoms with Crippen molar-refractivity contribution < 1.29 is 24.1 Å². The summed E-state index contributed by atoms with van der Waals surface area (Å²) in [4.78, 5) is 15.9. The van der Waals surface area contributed by atoms with Gasteiger partial charge in [-0.05, 0) is 34.1 Å². The highest BCUT2D eigenvalue weighted by Crippen LogP contribution is 2.41. The van der Waals surface area contributed by atoms with Gasteiger partial charge in [-0.2, -0.15) is 0 Å². The molecule has 0 aliphatic heterocycles. The SMILES string of the molecule is COC(=O)c1nc(Br)c2c(Oc3ccccc3OC)cccc2c1O. The molecule has 3 aromatic rings. The van der Waals surface area contributed by atoms with E-state index in [1.165, 1.54) is 7.11 Å². The number of aromatic nitrogens is 1. The number of methoxy groups -OCH3 is 2. The molecule has 7 heteroatoms. The van der Waals surface area contributed by atoms with Crippen molar-refractivity contribution in [3.8, 4) is 23.0 Å². The molecule has 1 aromatic heterocycles. The fraction of sp³-hybridized carbons (Fsp3) is 0.111. The van der Waals surface area contributed by atoms with Crippen molar-refractivity contribution in [1.82, 2.24) is 4.98 Å². The Kier molecular flexibility index (Phi) is 4.76. The number of hydrogen-bond acceptors (Lipinski definition) is 6. The molecule has 25 heavy (non-hydrogen) atoms. The molecule has 0 aliphatic carbocycles. The third-order valence-corrected chi connectivity index (χ3v) is 4.16. The first-order valence-electron chi connectivity index (χ1n) is 7.27. The van der Waals surface area contributed by atoms with Crippen LogP contribution in [-0.2, 0) is 4.74 Å². The van der Waals surface area contributed by atoms with E-state index in [0.717, 1.165) is 0 Å². The van der Waals surface area contributed by atoms with Crippen LogP contribution in [0.15, 0.2) is 47.1 Å². The van der Waals surface area contributed by atoms with E-state index in [0.29, 0.717) is 32.6 Å². The molecule has 0 saturated carbocycles. The maximum absolute atomic E-state index is 11.8. The lowest BCUT2D eigenvalue weighted by Gasteiger charge is -2.14. The van der Waals surface area contributed by atoms with Crippen LogP contribution >= 0.6 is 15.9 Å². The normalized spacial score (nSPS) is 10.5. The summed E-state index contributed by atoms with van der Waals surface area (Å²) in [6, 6.07) is 12.3. The number of halogens is 1. The predicted molar refractivity (Wildman–Crippen MR) is 95.5 cm³/mol. The second kappa shape index (κ2) is 6.98. The Morgan fingerprint density at radius 1 is 1.04 bits per heavy atom. The molecule has 6 nitrogen and oxygen atoms in total. The number of carbonyl (C=O) groups is 1. The van der Waals surface area contributed by atoms with E-state index >= 15 is 0 Å². The molecule has 2 aromatic carbocycles. The Balaban J connectivity index is 2.18. The molecule has 3 rings (SSSR count). The number of para-hydroxylation sites is 2. The van der Waals surface area contributed by atoms with Crippen molar-refractivity contribution in [3.63, 3.8) is 0 Å². The van der Waals surface area contributed by atoms with Crippen LogP contribution in [0.2, 0.25) is 0 Å². The van der Waals surface area contributed by atoms with Gasteiger partial charge in [0.2, 0.25) is 0 Å². The van der Waals surface area contributed by atoms with E-state index in [1.54, 1.807) is 37.4 Å². The van der Waals surface area contributed by atoms with Gasteiger partial charge < -0.3 is 19.3 Å². The Bertz CT molecular complexity index is 958. The van der Waals surface area contributed by atoms with Crippen molar-refractivity contribution in [2.45, 2.75) is 0 Å². The maximum atomic E-state index is 11.8. The summed E-state index contributed by atoms with van der Waals surface area (Å²) in [5.41, 5.74) is -0.170. The number of carbonyl (C=O) groups excluding carboxylic acids is 1. The van der Waals surface area contributed by atoms with Crippen LogP contribution in [0, 0.1) is 0 Å². The van der Waals surface area contributed by atoms with E-state index in [2.05, 4.69) is 25.7 Å². The van der Waals surface area contributed by atoms with Crippen LogP contribution in [0.3, 0.4) is 0 Å². The number of pyridine rings is 1. The zero-order chi connectivity index (χ0) is 18.0. The van der Waals surface area contributed by atoms with Crippen LogP contribution < -0.4 is 9.47 Å². The Hall–Kier alpha value is -2.80. The summed E-state index contributed by atoms with van der Waals surface area (Å²) in [6.45, 7) is 0. The van der Waals surface area contributed by atoms with Crippen LogP contribution in [0.4, 0.5) is 0 Å². The van der Waals surface area contributed by atoms with Crippen molar-refractivity contribution in [2.75, 3.05) is 14.2 Å². The highest BCUT2D eigenvalue weighted by molar-refractivity contribution is 9.10. The van der Waals surface area contributed by atoms with Crippen molar-refractivity contribution in [2.24, 2.45) is 0 Å². The fourth-order valence-corrected chi connectivity index (χ4v) is 3.01. The molecule has 0 amide bonds. The number of fused-ring (bicyclic) bond motifs is 1. The summed E-state index contributed by atoms with van der Waals surface area (Å²) in [5.74, 6) is 0.541. The number of nitrogens with zero attached hydrogens (tertiary/aromatic N) is 1. The number of aromatic hydroxyl groups is 1. The maximum Gasteiger partial charge on any atom is 0.360 e. The minimum atomic E-state index is -0.726. The lowest BCUT2D eigenvalue weighted by Crippen LogP contribution is -2.05. The molecule has 1 N–H and O–H groups in total. The average molecular weight is 404 g/mol. The number of ether oxygens (including phenoxy) is 3. The number of hydrogen-bond donors (Lipinski definition) is 1. The van der Waals surface area contributed by atoms with Gasteiger partial charge in [0, 0.05) is 5.39 Å². The van der Waals surface area contributed by atoms with Gasteiger partial charge in [-0.15, -0.1) is 0 Å². The third kappa shape index (κ3) is 3.10. The average Bonchev–Trinajstić information content (AvgIpc) is 2.64. The number of rotatable bonds is 4. The standard InChI is InChI=1S/C18H14BrNO5/c1-23-11-7-3-4-8-12(11)25-13-9-5-6-10-14(13)17(19)20-15(16(10)21)18(22)24-2/h3-9,21H,1-2H3. The molecule has 0 unspecified atom stereocenters. The minimum Gasteiger partial charge on any atom is -0.505 e. The van der Waals surface area contributed by atoms with Gasteiger partial charge in [0.15, 0.2) is 22.9 Å². The summed E-state index contributed by atoms with van der Waals surface area (Å²) in [6.07, 6.45) is 0. The summed E-state index contributed by atoms with van der Waals surface area (Å²) in [5, 5.41) is 11.3. The van der Waals surface area contributed by atoms with Crippen LogP contribution in [-0.4, -0.2) is 30.3 Å². The lowest BCUT2D eigenvalue weighted by molar-refractivity contribution is 0.0590. The topological polar surface area (TPSA) is 77.9 Å². The van der Waals surface area contributed by atoms with Gasteiger partial charge in [-0.25, -0.2) is 9.78 Å². The molecule has 0 saturated heterocycles. The van der Waals surface area contributed by atoms with Gasteiger partial charge >= 0.3 is 5.97 Å². The predicted octanol–water partition coefficient (Wildman–Crippen LogP) is 4.29.